The summed E-state index contributed by atoms with van der Waals surface area (Å²) >= 11 is 0. The van der Waals surface area contributed by atoms with Gasteiger partial charge in [-0.3, -0.25) is 0 Å². The molecular weight excluding hydrogens is 208 g/mol. The van der Waals surface area contributed by atoms with Gasteiger partial charge in [0.15, 0.2) is 0 Å². The van der Waals surface area contributed by atoms with Crippen LogP contribution in [0.3, 0.4) is 0 Å². The molecule has 17 heavy (non-hydrogen) atoms. The van der Waals surface area contributed by atoms with Gasteiger partial charge >= 0.3 is 0 Å². The van der Waals surface area contributed by atoms with Crippen molar-refractivity contribution in [1.29, 1.82) is 0 Å². The van der Waals surface area contributed by atoms with E-state index in [1.807, 2.05) is 0 Å². The Balaban J connectivity index is 4.06. The fourth-order valence-electron chi connectivity index (χ4n) is 2.07. The number of rotatable bonds is 11. The molecule has 0 aliphatic rings. The van der Waals surface area contributed by atoms with Crippen LogP contribution in [0.2, 0.25) is 0 Å². The van der Waals surface area contributed by atoms with E-state index in [4.69, 9.17) is 0 Å². The van der Waals surface area contributed by atoms with E-state index < -0.39 is 5.60 Å². The van der Waals surface area contributed by atoms with Crippen molar-refractivity contribution in [2.75, 3.05) is 0 Å². The van der Waals surface area contributed by atoms with Crippen molar-refractivity contribution in [3.63, 3.8) is 0 Å². The van der Waals surface area contributed by atoms with Gasteiger partial charge in [0.1, 0.15) is 0 Å². The third-order valence-electron chi connectivity index (χ3n) is 3.33. The lowest BCUT2D eigenvalue weighted by atomic mass is 9.90. The molecule has 0 radical (unpaired) electrons. The third-order valence-corrected chi connectivity index (χ3v) is 3.33. The molecule has 0 amide bonds. The largest absolute Gasteiger partial charge is 0.386 e. The SMILES string of the molecule is CCCCC/C=C/C(O)(CCCC)CCCC. The molecule has 0 aromatic carbocycles. The van der Waals surface area contributed by atoms with Gasteiger partial charge in [0.2, 0.25) is 0 Å². The van der Waals surface area contributed by atoms with Crippen LogP contribution in [0.5, 0.6) is 0 Å². The first kappa shape index (κ1) is 16.7. The minimum absolute atomic E-state index is 0.530. The van der Waals surface area contributed by atoms with Gasteiger partial charge in [0.05, 0.1) is 5.60 Å². The van der Waals surface area contributed by atoms with Crippen LogP contribution in [0.25, 0.3) is 0 Å². The molecule has 102 valence electrons. The second-order valence-corrected chi connectivity index (χ2v) is 5.21. The molecule has 0 aliphatic heterocycles. The summed E-state index contributed by atoms with van der Waals surface area (Å²) in [6.07, 6.45) is 15.6. The number of aliphatic hydroxyl groups is 1. The minimum atomic E-state index is -0.530. The second-order valence-electron chi connectivity index (χ2n) is 5.21. The van der Waals surface area contributed by atoms with Gasteiger partial charge in [-0.15, -0.1) is 0 Å². The molecule has 0 saturated carbocycles. The molecule has 0 atom stereocenters. The van der Waals surface area contributed by atoms with Gasteiger partial charge in [0.25, 0.3) is 0 Å². The highest BCUT2D eigenvalue weighted by atomic mass is 16.3. The molecule has 1 N–H and O–H groups in total. The van der Waals surface area contributed by atoms with Crippen LogP contribution in [-0.2, 0) is 0 Å². The Kier molecular flexibility index (Phi) is 10.6. The van der Waals surface area contributed by atoms with Crippen molar-refractivity contribution in [2.45, 2.75) is 90.6 Å². The Morgan fingerprint density at radius 1 is 0.824 bits per heavy atom. The maximum absolute atomic E-state index is 10.5. The quantitative estimate of drug-likeness (QED) is 0.387. The Hall–Kier alpha value is -0.300. The molecule has 0 spiro atoms. The highest BCUT2D eigenvalue weighted by Gasteiger charge is 2.21. The average Bonchev–Trinajstić information content (AvgIpc) is 2.34. The second kappa shape index (κ2) is 10.8. The fraction of sp³-hybridized carbons (Fsp3) is 0.875. The molecule has 1 heteroatoms. The lowest BCUT2D eigenvalue weighted by Gasteiger charge is -2.24. The first-order valence-corrected chi connectivity index (χ1v) is 7.58. The topological polar surface area (TPSA) is 20.2 Å². The molecule has 0 heterocycles. The van der Waals surface area contributed by atoms with E-state index in [9.17, 15) is 5.11 Å². The molecule has 0 rings (SSSR count). The van der Waals surface area contributed by atoms with Crippen molar-refractivity contribution in [2.24, 2.45) is 0 Å². The van der Waals surface area contributed by atoms with Crippen LogP contribution in [-0.4, -0.2) is 10.7 Å². The van der Waals surface area contributed by atoms with Crippen LogP contribution in [0.4, 0.5) is 0 Å². The van der Waals surface area contributed by atoms with E-state index >= 15 is 0 Å². The van der Waals surface area contributed by atoms with Gasteiger partial charge < -0.3 is 5.11 Å². The van der Waals surface area contributed by atoms with E-state index in [0.29, 0.717) is 0 Å². The summed E-state index contributed by atoms with van der Waals surface area (Å²) in [7, 11) is 0. The maximum atomic E-state index is 10.5. The minimum Gasteiger partial charge on any atom is -0.386 e. The summed E-state index contributed by atoms with van der Waals surface area (Å²) in [5, 5.41) is 10.5. The highest BCUT2D eigenvalue weighted by Crippen LogP contribution is 2.23. The average molecular weight is 240 g/mol. The van der Waals surface area contributed by atoms with Gasteiger partial charge in [0, 0.05) is 0 Å². The summed E-state index contributed by atoms with van der Waals surface area (Å²) in [6, 6.07) is 0. The molecule has 0 unspecified atom stereocenters. The molecule has 0 aliphatic carbocycles. The summed E-state index contributed by atoms with van der Waals surface area (Å²) in [6.45, 7) is 6.60. The number of unbranched alkanes of at least 4 members (excludes halogenated alkanes) is 5. The fourth-order valence-corrected chi connectivity index (χ4v) is 2.07. The molecule has 1 nitrogen and oxygen atoms in total. The zero-order valence-corrected chi connectivity index (χ0v) is 12.2. The zero-order valence-electron chi connectivity index (χ0n) is 12.2. The van der Waals surface area contributed by atoms with Crippen molar-refractivity contribution < 1.29 is 5.11 Å². The highest BCUT2D eigenvalue weighted by molar-refractivity contribution is 5.00. The molecule has 0 fully saturated rings. The van der Waals surface area contributed by atoms with Gasteiger partial charge in [-0.05, 0) is 25.7 Å². The van der Waals surface area contributed by atoms with Gasteiger partial charge in [-0.1, -0.05) is 71.4 Å². The smallest absolute Gasteiger partial charge is 0.0827 e. The summed E-state index contributed by atoms with van der Waals surface area (Å²) < 4.78 is 0. The van der Waals surface area contributed by atoms with Crippen LogP contribution in [0.1, 0.15) is 85.0 Å². The number of hydrogen-bond donors (Lipinski definition) is 1. The van der Waals surface area contributed by atoms with E-state index in [0.717, 1.165) is 44.9 Å². The number of allylic oxidation sites excluding steroid dienone is 1. The first-order chi connectivity index (χ1) is 8.18. The van der Waals surface area contributed by atoms with Crippen molar-refractivity contribution in [3.05, 3.63) is 12.2 Å². The lowest BCUT2D eigenvalue weighted by Crippen LogP contribution is -2.25. The predicted octanol–water partition coefficient (Wildman–Crippen LogP) is 5.23. The normalized spacial score (nSPS) is 12.5. The Labute approximate surface area is 108 Å². The summed E-state index contributed by atoms with van der Waals surface area (Å²) in [4.78, 5) is 0. The van der Waals surface area contributed by atoms with E-state index in [2.05, 4.69) is 32.9 Å². The van der Waals surface area contributed by atoms with E-state index in [1.165, 1.54) is 19.3 Å². The summed E-state index contributed by atoms with van der Waals surface area (Å²) in [5.74, 6) is 0. The van der Waals surface area contributed by atoms with Crippen LogP contribution in [0, 0.1) is 0 Å². The molecular formula is C16H32O. The van der Waals surface area contributed by atoms with Crippen LogP contribution in [0.15, 0.2) is 12.2 Å². The molecule has 0 aromatic rings. The zero-order chi connectivity index (χ0) is 13.0. The molecule has 0 saturated heterocycles. The Bertz CT molecular complexity index is 176. The summed E-state index contributed by atoms with van der Waals surface area (Å²) in [5.41, 5.74) is -0.530. The van der Waals surface area contributed by atoms with Gasteiger partial charge in [-0.25, -0.2) is 0 Å². The maximum Gasteiger partial charge on any atom is 0.0827 e. The number of hydrogen-bond acceptors (Lipinski definition) is 1. The van der Waals surface area contributed by atoms with E-state index in [-0.39, 0.29) is 0 Å². The molecule has 0 aromatic heterocycles. The van der Waals surface area contributed by atoms with Crippen LogP contribution >= 0.6 is 0 Å². The molecule has 0 bridgehead atoms. The van der Waals surface area contributed by atoms with Crippen molar-refractivity contribution in [1.82, 2.24) is 0 Å². The first-order valence-electron chi connectivity index (χ1n) is 7.58. The monoisotopic (exact) mass is 240 g/mol. The van der Waals surface area contributed by atoms with Crippen LogP contribution < -0.4 is 0 Å². The standard InChI is InChI=1S/C16H32O/c1-4-7-10-11-12-15-16(17,13-8-5-2)14-9-6-3/h12,15,17H,4-11,13-14H2,1-3H3/b15-12+. The van der Waals surface area contributed by atoms with Gasteiger partial charge in [-0.2, -0.15) is 0 Å². The van der Waals surface area contributed by atoms with Crippen molar-refractivity contribution in [3.8, 4) is 0 Å². The Morgan fingerprint density at radius 2 is 1.35 bits per heavy atom. The van der Waals surface area contributed by atoms with Crippen molar-refractivity contribution >= 4 is 0 Å². The third kappa shape index (κ3) is 9.41. The Morgan fingerprint density at radius 3 is 1.82 bits per heavy atom. The predicted molar refractivity (Wildman–Crippen MR) is 77.3 cm³/mol. The van der Waals surface area contributed by atoms with E-state index in [1.54, 1.807) is 0 Å². The lowest BCUT2D eigenvalue weighted by molar-refractivity contribution is 0.0671.